The van der Waals surface area contributed by atoms with E-state index in [1.54, 1.807) is 0 Å². The van der Waals surface area contributed by atoms with Crippen molar-refractivity contribution in [2.24, 2.45) is 5.92 Å². The van der Waals surface area contributed by atoms with E-state index in [0.717, 1.165) is 11.1 Å². The third-order valence-electron chi connectivity index (χ3n) is 4.06. The summed E-state index contributed by atoms with van der Waals surface area (Å²) in [6, 6.07) is 8.39. The predicted octanol–water partition coefficient (Wildman–Crippen LogP) is 4.25. The van der Waals surface area contributed by atoms with E-state index < -0.39 is 0 Å². The molecule has 0 bridgehead atoms. The van der Waals surface area contributed by atoms with Gasteiger partial charge in [-0.15, -0.1) is 10.2 Å². The summed E-state index contributed by atoms with van der Waals surface area (Å²) in [6.45, 7) is 2.13. The zero-order valence-corrected chi connectivity index (χ0v) is 12.8. The van der Waals surface area contributed by atoms with E-state index in [0.29, 0.717) is 0 Å². The number of aryl methyl sites for hydroxylation is 1. The van der Waals surface area contributed by atoms with Crippen LogP contribution in [-0.4, -0.2) is 20.5 Å². The maximum Gasteiger partial charge on any atom is 0.195 e. The molecular weight excluding hydrogens is 266 g/mol. The summed E-state index contributed by atoms with van der Waals surface area (Å²) >= 11 is 1.85. The average molecular weight is 287 g/mol. The molecule has 0 unspecified atom stereocenters. The highest BCUT2D eigenvalue weighted by Crippen LogP contribution is 2.30. The van der Waals surface area contributed by atoms with Crippen LogP contribution in [0.15, 0.2) is 35.7 Å². The fraction of sp³-hybridized carbons (Fsp3) is 0.500. The minimum absolute atomic E-state index is 0.857. The first kappa shape index (κ1) is 13.7. The maximum absolute atomic E-state index is 4.29. The lowest BCUT2D eigenvalue weighted by molar-refractivity contribution is 0.390. The Bertz CT molecular complexity index is 558. The summed E-state index contributed by atoms with van der Waals surface area (Å²) in [5.41, 5.74) is 2.44. The zero-order chi connectivity index (χ0) is 13.8. The molecule has 1 saturated carbocycles. The van der Waals surface area contributed by atoms with E-state index in [1.165, 1.54) is 49.1 Å². The van der Waals surface area contributed by atoms with Gasteiger partial charge < -0.3 is 0 Å². The van der Waals surface area contributed by atoms with Crippen molar-refractivity contribution < 1.29 is 0 Å². The predicted molar refractivity (Wildman–Crippen MR) is 83.4 cm³/mol. The molecule has 0 spiro atoms. The van der Waals surface area contributed by atoms with E-state index >= 15 is 0 Å². The van der Waals surface area contributed by atoms with Gasteiger partial charge in [0.1, 0.15) is 6.33 Å². The molecule has 0 N–H and O–H groups in total. The van der Waals surface area contributed by atoms with Gasteiger partial charge in [-0.2, -0.15) is 0 Å². The van der Waals surface area contributed by atoms with Gasteiger partial charge in [-0.05, 0) is 37.3 Å². The molecule has 1 aromatic heterocycles. The van der Waals surface area contributed by atoms with Crippen LogP contribution in [-0.2, 0) is 0 Å². The molecule has 20 heavy (non-hydrogen) atoms. The lowest BCUT2D eigenvalue weighted by Gasteiger charge is -2.20. The van der Waals surface area contributed by atoms with Crippen LogP contribution in [0.25, 0.3) is 5.69 Å². The van der Waals surface area contributed by atoms with Crippen LogP contribution in [0.5, 0.6) is 0 Å². The Kier molecular flexibility index (Phi) is 4.41. The van der Waals surface area contributed by atoms with E-state index in [1.807, 2.05) is 18.1 Å². The van der Waals surface area contributed by atoms with Crippen LogP contribution in [0.4, 0.5) is 0 Å². The summed E-state index contributed by atoms with van der Waals surface area (Å²) in [6.07, 6.45) is 8.80. The van der Waals surface area contributed by atoms with Crippen LogP contribution in [0.2, 0.25) is 0 Å². The number of hydrogen-bond donors (Lipinski definition) is 0. The molecule has 106 valence electrons. The second-order valence-corrected chi connectivity index (χ2v) is 6.57. The highest BCUT2D eigenvalue weighted by atomic mass is 32.2. The van der Waals surface area contributed by atoms with Gasteiger partial charge in [0.05, 0.1) is 5.69 Å². The molecule has 2 aromatic rings. The quantitative estimate of drug-likeness (QED) is 0.788. The van der Waals surface area contributed by atoms with Gasteiger partial charge in [-0.1, -0.05) is 49.2 Å². The summed E-state index contributed by atoms with van der Waals surface area (Å²) < 4.78 is 2.11. The van der Waals surface area contributed by atoms with E-state index in [-0.39, 0.29) is 0 Å². The Balaban J connectivity index is 1.72. The first-order valence-electron chi connectivity index (χ1n) is 7.43. The maximum atomic E-state index is 4.29. The van der Waals surface area contributed by atoms with Gasteiger partial charge in [0, 0.05) is 5.75 Å². The standard InChI is InChI=1S/C16H21N3S/c1-13-7-5-6-10-15(13)19-12-17-18-16(19)20-11-14-8-3-2-4-9-14/h5-7,10,12,14H,2-4,8-9,11H2,1H3. The molecule has 0 radical (unpaired) electrons. The third-order valence-corrected chi connectivity index (χ3v) is 5.24. The summed E-state index contributed by atoms with van der Waals surface area (Å²) in [7, 11) is 0. The molecule has 0 aliphatic heterocycles. The molecular formula is C16H21N3S. The van der Waals surface area contributed by atoms with Crippen molar-refractivity contribution >= 4 is 11.8 Å². The van der Waals surface area contributed by atoms with Crippen molar-refractivity contribution in [3.8, 4) is 5.69 Å². The number of hydrogen-bond acceptors (Lipinski definition) is 3. The second kappa shape index (κ2) is 6.44. The largest absolute Gasteiger partial charge is 0.276 e. The van der Waals surface area contributed by atoms with Crippen molar-refractivity contribution in [1.29, 1.82) is 0 Å². The number of para-hydroxylation sites is 1. The average Bonchev–Trinajstić information content (AvgIpc) is 2.95. The highest BCUT2D eigenvalue weighted by Gasteiger charge is 2.16. The fourth-order valence-electron chi connectivity index (χ4n) is 2.87. The molecule has 3 nitrogen and oxygen atoms in total. The van der Waals surface area contributed by atoms with Gasteiger partial charge in [0.2, 0.25) is 0 Å². The van der Waals surface area contributed by atoms with Crippen molar-refractivity contribution in [2.45, 2.75) is 44.2 Å². The van der Waals surface area contributed by atoms with Gasteiger partial charge in [-0.25, -0.2) is 0 Å². The monoisotopic (exact) mass is 287 g/mol. The summed E-state index contributed by atoms with van der Waals surface area (Å²) in [5.74, 6) is 2.03. The lowest BCUT2D eigenvalue weighted by Crippen LogP contribution is -2.09. The van der Waals surface area contributed by atoms with E-state index in [2.05, 4.69) is 46.0 Å². The van der Waals surface area contributed by atoms with Crippen LogP contribution in [0, 0.1) is 12.8 Å². The van der Waals surface area contributed by atoms with Gasteiger partial charge in [-0.3, -0.25) is 4.57 Å². The van der Waals surface area contributed by atoms with Crippen LogP contribution in [0.1, 0.15) is 37.7 Å². The summed E-state index contributed by atoms with van der Waals surface area (Å²) in [5, 5.41) is 9.41. The topological polar surface area (TPSA) is 30.7 Å². The Labute approximate surface area is 124 Å². The molecule has 0 saturated heterocycles. The normalized spacial score (nSPS) is 16.4. The Hall–Kier alpha value is -1.29. The van der Waals surface area contributed by atoms with Crippen LogP contribution in [0.3, 0.4) is 0 Å². The smallest absolute Gasteiger partial charge is 0.195 e. The lowest BCUT2D eigenvalue weighted by atomic mass is 9.91. The Morgan fingerprint density at radius 1 is 1.20 bits per heavy atom. The Morgan fingerprint density at radius 3 is 2.80 bits per heavy atom. The van der Waals surface area contributed by atoms with E-state index in [9.17, 15) is 0 Å². The number of aromatic nitrogens is 3. The molecule has 0 amide bonds. The van der Waals surface area contributed by atoms with Crippen molar-refractivity contribution in [3.05, 3.63) is 36.2 Å². The first-order valence-corrected chi connectivity index (χ1v) is 8.42. The SMILES string of the molecule is Cc1ccccc1-n1cnnc1SCC1CCCCC1. The molecule has 1 aliphatic carbocycles. The van der Waals surface area contributed by atoms with Gasteiger partial charge in [0.25, 0.3) is 0 Å². The molecule has 0 atom stereocenters. The second-order valence-electron chi connectivity index (χ2n) is 5.59. The minimum Gasteiger partial charge on any atom is -0.276 e. The van der Waals surface area contributed by atoms with Crippen molar-refractivity contribution in [3.63, 3.8) is 0 Å². The number of benzene rings is 1. The van der Waals surface area contributed by atoms with Gasteiger partial charge in [0.15, 0.2) is 5.16 Å². The van der Waals surface area contributed by atoms with E-state index in [4.69, 9.17) is 0 Å². The van der Waals surface area contributed by atoms with Crippen molar-refractivity contribution in [1.82, 2.24) is 14.8 Å². The number of thioether (sulfide) groups is 1. The molecule has 4 heteroatoms. The number of rotatable bonds is 4. The number of nitrogens with zero attached hydrogens (tertiary/aromatic N) is 3. The summed E-state index contributed by atoms with van der Waals surface area (Å²) in [4.78, 5) is 0. The zero-order valence-electron chi connectivity index (χ0n) is 12.0. The molecule has 1 fully saturated rings. The molecule has 1 heterocycles. The van der Waals surface area contributed by atoms with Crippen molar-refractivity contribution in [2.75, 3.05) is 5.75 Å². The minimum atomic E-state index is 0.857. The third kappa shape index (κ3) is 3.06. The molecule has 1 aliphatic rings. The highest BCUT2D eigenvalue weighted by molar-refractivity contribution is 7.99. The van der Waals surface area contributed by atoms with Crippen LogP contribution < -0.4 is 0 Å². The van der Waals surface area contributed by atoms with Crippen LogP contribution >= 0.6 is 11.8 Å². The molecule has 3 rings (SSSR count). The molecule has 1 aromatic carbocycles. The first-order chi connectivity index (χ1) is 9.84. The van der Waals surface area contributed by atoms with Gasteiger partial charge >= 0.3 is 0 Å². The fourth-order valence-corrected chi connectivity index (χ4v) is 3.98. The Morgan fingerprint density at radius 2 is 2.00 bits per heavy atom.